The van der Waals surface area contributed by atoms with Crippen molar-refractivity contribution in [3.8, 4) is 23.5 Å². The number of nitrogens with zero attached hydrogens (tertiary/aromatic N) is 2. The lowest BCUT2D eigenvalue weighted by atomic mass is 10.1. The van der Waals surface area contributed by atoms with Crippen LogP contribution in [0.3, 0.4) is 0 Å². The van der Waals surface area contributed by atoms with E-state index in [-0.39, 0.29) is 61.0 Å². The first-order valence-electron chi connectivity index (χ1n) is 17.0. The average Bonchev–Trinajstić information content (AvgIpc) is 3.56. The lowest BCUT2D eigenvalue weighted by Gasteiger charge is -2.08. The molecule has 0 aliphatic rings. The van der Waals surface area contributed by atoms with E-state index in [9.17, 15) is 39.6 Å². The van der Waals surface area contributed by atoms with Crippen molar-refractivity contribution in [2.75, 3.05) is 39.5 Å². The Kier molecular flexibility index (Phi) is 20.5. The lowest BCUT2D eigenvalue weighted by molar-refractivity contribution is -0.146. The van der Waals surface area contributed by atoms with Gasteiger partial charge in [0.15, 0.2) is 0 Å². The molecular formula is C33H52N4O12. The molecule has 0 aliphatic carbocycles. The van der Waals surface area contributed by atoms with Crippen LogP contribution in [0.15, 0.2) is 24.3 Å². The highest BCUT2D eigenvalue weighted by Gasteiger charge is 2.13. The number of ether oxygens (including phenoxy) is 2. The Morgan fingerprint density at radius 3 is 1.20 bits per heavy atom. The number of carbonyl (C=O) groups is 4. The van der Waals surface area contributed by atoms with Crippen LogP contribution >= 0.6 is 0 Å². The predicted molar refractivity (Wildman–Crippen MR) is 176 cm³/mol. The largest absolute Gasteiger partial charge is 0.492 e. The molecule has 0 fully saturated rings. The quantitative estimate of drug-likeness (QED) is 0.0708. The van der Waals surface area contributed by atoms with Gasteiger partial charge in [0.25, 0.3) is 0 Å². The molecule has 2 heterocycles. The maximum absolute atomic E-state index is 11.9. The number of hydrogen-bond acceptors (Lipinski definition) is 12. The topological polar surface area (TPSA) is 220 Å². The van der Waals surface area contributed by atoms with Gasteiger partial charge in [-0.2, -0.15) is 0 Å². The summed E-state index contributed by atoms with van der Waals surface area (Å²) in [6, 6.07) is 4.88. The number of carbonyl (C=O) groups excluding carboxylic acids is 4. The van der Waals surface area contributed by atoms with Crippen molar-refractivity contribution in [1.82, 2.24) is 20.1 Å². The Morgan fingerprint density at radius 2 is 0.816 bits per heavy atom. The van der Waals surface area contributed by atoms with Gasteiger partial charge in [0.05, 0.1) is 13.2 Å². The van der Waals surface area contributed by atoms with Crippen LogP contribution in [0.25, 0.3) is 0 Å². The summed E-state index contributed by atoms with van der Waals surface area (Å²) in [5.74, 6) is -2.63. The van der Waals surface area contributed by atoms with E-state index in [1.54, 1.807) is 0 Å². The van der Waals surface area contributed by atoms with Crippen molar-refractivity contribution >= 4 is 23.8 Å². The molecule has 16 heteroatoms. The van der Waals surface area contributed by atoms with Crippen LogP contribution in [-0.4, -0.2) is 93.2 Å². The number of hydrogen-bond donors (Lipinski definition) is 6. The van der Waals surface area contributed by atoms with E-state index in [0.29, 0.717) is 68.2 Å². The summed E-state index contributed by atoms with van der Waals surface area (Å²) < 4.78 is 12.3. The van der Waals surface area contributed by atoms with Crippen molar-refractivity contribution in [2.45, 2.75) is 96.3 Å². The third kappa shape index (κ3) is 18.6. The molecule has 276 valence electrons. The monoisotopic (exact) mass is 696 g/mol. The van der Waals surface area contributed by atoms with Crippen LogP contribution in [0, 0.1) is 0 Å². The molecule has 2 aromatic rings. The van der Waals surface area contributed by atoms with Gasteiger partial charge in [0, 0.05) is 76.3 Å². The lowest BCUT2D eigenvalue weighted by Crippen LogP contribution is -2.25. The second kappa shape index (κ2) is 24.7. The normalized spacial score (nSPS) is 10.9. The Bertz CT molecular complexity index is 1130. The number of rotatable bonds is 28. The second-order valence-electron chi connectivity index (χ2n) is 11.4. The SMILES string of the molecule is O=C(CCOCCCOCCC(=O)NCCCCCCCC(=O)On1c(O)ccc1O)NCCCCCCCC(=O)On1c(O)ccc1O. The van der Waals surface area contributed by atoms with Crippen molar-refractivity contribution in [2.24, 2.45) is 0 Å². The van der Waals surface area contributed by atoms with Crippen molar-refractivity contribution in [3.63, 3.8) is 0 Å². The van der Waals surface area contributed by atoms with Gasteiger partial charge in [0.2, 0.25) is 35.3 Å². The fourth-order valence-electron chi connectivity index (χ4n) is 4.56. The van der Waals surface area contributed by atoms with Gasteiger partial charge < -0.3 is 50.2 Å². The van der Waals surface area contributed by atoms with Gasteiger partial charge in [-0.3, -0.25) is 9.59 Å². The van der Waals surface area contributed by atoms with Crippen LogP contribution in [0.1, 0.15) is 96.3 Å². The van der Waals surface area contributed by atoms with Gasteiger partial charge in [-0.15, -0.1) is 9.46 Å². The summed E-state index contributed by atoms with van der Waals surface area (Å²) in [7, 11) is 0. The van der Waals surface area contributed by atoms with Crippen LogP contribution in [0.4, 0.5) is 0 Å². The number of aromatic nitrogens is 2. The average molecular weight is 697 g/mol. The summed E-state index contributed by atoms with van der Waals surface area (Å²) >= 11 is 0. The van der Waals surface area contributed by atoms with Crippen molar-refractivity contribution in [3.05, 3.63) is 24.3 Å². The maximum atomic E-state index is 11.9. The van der Waals surface area contributed by atoms with E-state index in [1.165, 1.54) is 24.3 Å². The summed E-state index contributed by atoms with van der Waals surface area (Å²) in [6.07, 6.45) is 9.74. The fourth-order valence-corrected chi connectivity index (χ4v) is 4.56. The summed E-state index contributed by atoms with van der Waals surface area (Å²) in [5.41, 5.74) is 0. The van der Waals surface area contributed by atoms with E-state index in [0.717, 1.165) is 51.4 Å². The van der Waals surface area contributed by atoms with Gasteiger partial charge in [0.1, 0.15) is 0 Å². The molecule has 0 bridgehead atoms. The first-order valence-corrected chi connectivity index (χ1v) is 17.0. The molecule has 0 aromatic carbocycles. The number of unbranched alkanes of at least 4 members (excludes halogenated alkanes) is 8. The van der Waals surface area contributed by atoms with E-state index >= 15 is 0 Å². The van der Waals surface area contributed by atoms with Gasteiger partial charge >= 0.3 is 11.9 Å². The third-order valence-electron chi connectivity index (χ3n) is 7.27. The summed E-state index contributed by atoms with van der Waals surface area (Å²) in [6.45, 7) is 2.71. The van der Waals surface area contributed by atoms with Crippen molar-refractivity contribution < 1.29 is 58.8 Å². The van der Waals surface area contributed by atoms with Crippen molar-refractivity contribution in [1.29, 1.82) is 0 Å². The molecule has 6 N–H and O–H groups in total. The zero-order valence-electron chi connectivity index (χ0n) is 28.1. The molecule has 0 spiro atoms. The zero-order chi connectivity index (χ0) is 35.7. The highest BCUT2D eigenvalue weighted by Crippen LogP contribution is 2.20. The Morgan fingerprint density at radius 1 is 0.469 bits per heavy atom. The van der Waals surface area contributed by atoms with Gasteiger partial charge in [-0.05, 0) is 32.1 Å². The van der Waals surface area contributed by atoms with E-state index in [4.69, 9.17) is 19.1 Å². The van der Waals surface area contributed by atoms with E-state index in [2.05, 4.69) is 10.6 Å². The molecule has 16 nitrogen and oxygen atoms in total. The van der Waals surface area contributed by atoms with Crippen LogP contribution in [0.2, 0.25) is 0 Å². The molecule has 2 aromatic heterocycles. The molecule has 2 rings (SSSR count). The minimum Gasteiger partial charge on any atom is -0.492 e. The second-order valence-corrected chi connectivity index (χ2v) is 11.4. The predicted octanol–water partition coefficient (Wildman–Crippen LogP) is 2.84. The van der Waals surface area contributed by atoms with Crippen LogP contribution in [0.5, 0.6) is 23.5 Å². The number of amides is 2. The van der Waals surface area contributed by atoms with Gasteiger partial charge in [-0.25, -0.2) is 9.59 Å². The molecule has 2 amide bonds. The molecule has 0 saturated heterocycles. The highest BCUT2D eigenvalue weighted by atomic mass is 16.7. The van der Waals surface area contributed by atoms with E-state index in [1.807, 2.05) is 0 Å². The molecule has 0 aliphatic heterocycles. The molecule has 49 heavy (non-hydrogen) atoms. The van der Waals surface area contributed by atoms with Gasteiger partial charge in [-0.1, -0.05) is 38.5 Å². The Labute approximate surface area is 286 Å². The minimum atomic E-state index is -0.542. The summed E-state index contributed by atoms with van der Waals surface area (Å²) in [5, 5.41) is 43.6. The molecule has 0 atom stereocenters. The fraction of sp³-hybridized carbons (Fsp3) is 0.636. The minimum absolute atomic E-state index is 0.0717. The van der Waals surface area contributed by atoms with Crippen LogP contribution in [-0.2, 0) is 28.7 Å². The smallest absolute Gasteiger partial charge is 0.333 e. The third-order valence-corrected chi connectivity index (χ3v) is 7.27. The molecule has 0 saturated carbocycles. The first kappa shape index (κ1) is 40.7. The highest BCUT2D eigenvalue weighted by molar-refractivity contribution is 5.76. The molecule has 0 radical (unpaired) electrons. The number of nitrogens with one attached hydrogen (secondary N) is 2. The molecular weight excluding hydrogens is 644 g/mol. The number of aromatic hydroxyl groups is 4. The molecule has 0 unspecified atom stereocenters. The Balaban J connectivity index is 1.27. The van der Waals surface area contributed by atoms with Crippen LogP contribution < -0.4 is 20.3 Å². The maximum Gasteiger partial charge on any atom is 0.333 e. The summed E-state index contributed by atoms with van der Waals surface area (Å²) in [4.78, 5) is 57.2. The zero-order valence-corrected chi connectivity index (χ0v) is 28.1. The Hall–Kier alpha value is -4.44. The first-order chi connectivity index (χ1) is 23.7. The standard InChI is InChI=1S/C33H52N4O12/c38-26(34-20-9-5-1-3-7-12-32(44)48-36-28(40)14-15-29(36)41)18-24-46-22-11-23-47-25-19-27(39)35-21-10-6-2-4-8-13-33(45)49-37-30(42)16-17-31(37)43/h14-17,40-43H,1-13,18-25H2,(H,34,38)(H,35,39). The van der Waals surface area contributed by atoms with E-state index < -0.39 is 11.9 Å².